The Labute approximate surface area is 436 Å². The molecular weight excluding hydrogens is 940 g/mol. The standard InChI is InChI=1S/C65H75PS4/c1-5-9-13-26-36-54-55(37-27-14-10-6-2)63-59(58-42-43-67-62(54)58)44-51(68-63)40-41-52-45-60-61-46-53(70-65(61)57(39-29-16-12-8-4)56(64(60)69-52)38-28-15-11-7-3)47-66(48-30-20-17-21-31-48,49-32-22-18-23-33-49)50-34-24-19-25-35-50/h17-25,30-35,40-47H,5-16,26-29,36-39H2,1-4H3/b41-40+. The van der Waals surface area contributed by atoms with Crippen molar-refractivity contribution in [2.24, 2.45) is 0 Å². The van der Waals surface area contributed by atoms with E-state index in [1.807, 2.05) is 11.3 Å². The minimum absolute atomic E-state index is 1.16. The molecule has 9 rings (SSSR count). The van der Waals surface area contributed by atoms with Crippen molar-refractivity contribution in [2.75, 3.05) is 0 Å². The van der Waals surface area contributed by atoms with E-state index in [-0.39, 0.29) is 0 Å². The van der Waals surface area contributed by atoms with Crippen molar-refractivity contribution < 1.29 is 0 Å². The first kappa shape index (κ1) is 50.9. The number of unbranched alkanes of at least 4 members (excludes halogenated alkanes) is 12. The van der Waals surface area contributed by atoms with Gasteiger partial charge in [-0.25, -0.2) is 0 Å². The second kappa shape index (κ2) is 25.1. The molecule has 0 saturated carbocycles. The van der Waals surface area contributed by atoms with E-state index in [9.17, 15) is 0 Å². The van der Waals surface area contributed by atoms with Gasteiger partial charge in [0.05, 0.1) is 0 Å². The first-order valence-corrected chi connectivity index (χ1v) is 32.3. The summed E-state index contributed by atoms with van der Waals surface area (Å²) in [5, 5.41) is 12.4. The predicted molar refractivity (Wildman–Crippen MR) is 325 cm³/mol. The lowest BCUT2D eigenvalue weighted by Crippen LogP contribution is -2.27. The molecule has 0 atom stereocenters. The molecule has 5 aromatic carbocycles. The topological polar surface area (TPSA) is 0 Å². The highest BCUT2D eigenvalue weighted by Crippen LogP contribution is 2.49. The quantitative estimate of drug-likeness (QED) is 0.0375. The van der Waals surface area contributed by atoms with Gasteiger partial charge in [-0.2, -0.15) is 0 Å². The lowest BCUT2D eigenvalue weighted by atomic mass is 9.93. The van der Waals surface area contributed by atoms with E-state index >= 15 is 0 Å². The molecule has 70 heavy (non-hydrogen) atoms. The van der Waals surface area contributed by atoms with E-state index in [2.05, 4.69) is 200 Å². The first-order valence-electron chi connectivity index (χ1n) is 27.1. The van der Waals surface area contributed by atoms with Gasteiger partial charge in [-0.1, -0.05) is 196 Å². The van der Waals surface area contributed by atoms with Crippen molar-refractivity contribution in [1.82, 2.24) is 0 Å². The van der Waals surface area contributed by atoms with Crippen LogP contribution in [0.1, 0.15) is 167 Å². The zero-order valence-corrected chi connectivity index (χ0v) is 46.7. The van der Waals surface area contributed by atoms with Crippen LogP contribution in [0, 0.1) is 0 Å². The molecule has 0 radical (unpaired) electrons. The number of aryl methyl sites for hydroxylation is 4. The van der Waals surface area contributed by atoms with Gasteiger partial charge in [-0.15, -0.1) is 45.3 Å². The molecular formula is C65H75PS4. The van der Waals surface area contributed by atoms with Gasteiger partial charge >= 0.3 is 0 Å². The molecule has 364 valence electrons. The van der Waals surface area contributed by atoms with Gasteiger partial charge in [0.2, 0.25) is 0 Å². The third-order valence-electron chi connectivity index (χ3n) is 14.7. The van der Waals surface area contributed by atoms with Gasteiger partial charge in [-0.05, 0) is 144 Å². The monoisotopic (exact) mass is 1010 g/mol. The van der Waals surface area contributed by atoms with E-state index < -0.39 is 6.89 Å². The van der Waals surface area contributed by atoms with Crippen LogP contribution in [0.4, 0.5) is 0 Å². The maximum absolute atomic E-state index is 2.72. The Balaban J connectivity index is 1.20. The van der Waals surface area contributed by atoms with Crippen molar-refractivity contribution in [1.29, 1.82) is 0 Å². The van der Waals surface area contributed by atoms with Crippen LogP contribution in [0.3, 0.4) is 0 Å². The molecule has 0 N–H and O–H groups in total. The Morgan fingerprint density at radius 2 is 0.700 bits per heavy atom. The van der Waals surface area contributed by atoms with Gasteiger partial charge in [0.1, 0.15) is 0 Å². The van der Waals surface area contributed by atoms with Crippen molar-refractivity contribution in [3.05, 3.63) is 158 Å². The van der Waals surface area contributed by atoms with Crippen molar-refractivity contribution in [3.8, 4) is 0 Å². The van der Waals surface area contributed by atoms with Crippen LogP contribution in [-0.4, -0.2) is 5.80 Å². The Kier molecular flexibility index (Phi) is 18.2. The summed E-state index contributed by atoms with van der Waals surface area (Å²) in [5.74, 6) is 2.72. The minimum Gasteiger partial charge on any atom is -0.143 e. The van der Waals surface area contributed by atoms with Crippen LogP contribution in [0.2, 0.25) is 0 Å². The van der Waals surface area contributed by atoms with Gasteiger partial charge in [0.15, 0.2) is 0 Å². The highest BCUT2D eigenvalue weighted by atomic mass is 32.1. The largest absolute Gasteiger partial charge is 0.143 e. The zero-order chi connectivity index (χ0) is 48.1. The maximum Gasteiger partial charge on any atom is 0.0390 e. The molecule has 0 saturated heterocycles. The van der Waals surface area contributed by atoms with E-state index in [1.54, 1.807) is 31.7 Å². The predicted octanol–water partition coefficient (Wildman–Crippen LogP) is 20.4. The second-order valence-electron chi connectivity index (χ2n) is 19.7. The van der Waals surface area contributed by atoms with Crippen molar-refractivity contribution in [2.45, 2.75) is 156 Å². The molecule has 0 unspecified atom stereocenters. The normalized spacial score (nSPS) is 12.2. The first-order chi connectivity index (χ1) is 34.6. The number of fused-ring (bicyclic) bond motifs is 6. The lowest BCUT2D eigenvalue weighted by Gasteiger charge is -2.28. The number of hydrogen-bond acceptors (Lipinski definition) is 4. The number of rotatable bonds is 26. The van der Waals surface area contributed by atoms with Gasteiger partial charge in [-0.3, -0.25) is 0 Å². The number of benzene rings is 5. The summed E-state index contributed by atoms with van der Waals surface area (Å²) in [5.41, 5.74) is 6.61. The Morgan fingerprint density at radius 1 is 0.357 bits per heavy atom. The van der Waals surface area contributed by atoms with Crippen molar-refractivity contribution >= 4 is 126 Å². The summed E-state index contributed by atoms with van der Waals surface area (Å²) in [6.07, 6.45) is 30.4. The smallest absolute Gasteiger partial charge is 0.0390 e. The van der Waals surface area contributed by atoms with Crippen LogP contribution in [0.25, 0.3) is 52.5 Å². The molecule has 0 aliphatic carbocycles. The second-order valence-corrected chi connectivity index (χ2v) is 27.1. The molecule has 0 aliphatic rings. The molecule has 0 aliphatic heterocycles. The van der Waals surface area contributed by atoms with Gasteiger partial charge < -0.3 is 0 Å². The lowest BCUT2D eigenvalue weighted by molar-refractivity contribution is 0.654. The Bertz CT molecular complexity index is 3050. The maximum atomic E-state index is 2.72. The average molecular weight is 1020 g/mol. The summed E-state index contributed by atoms with van der Waals surface area (Å²) >= 11 is 8.17. The summed E-state index contributed by atoms with van der Waals surface area (Å²) in [4.78, 5) is 4.15. The molecule has 4 heterocycles. The fourth-order valence-electron chi connectivity index (χ4n) is 11.0. The third-order valence-corrected chi connectivity index (χ3v) is 23.3. The summed E-state index contributed by atoms with van der Waals surface area (Å²) in [6, 6.07) is 44.3. The zero-order valence-electron chi connectivity index (χ0n) is 42.5. The fourth-order valence-corrected chi connectivity index (χ4v) is 19.8. The van der Waals surface area contributed by atoms with E-state index in [0.717, 1.165) is 6.42 Å². The van der Waals surface area contributed by atoms with Gasteiger partial charge in [0.25, 0.3) is 0 Å². The highest BCUT2D eigenvalue weighted by molar-refractivity contribution is 7.94. The third kappa shape index (κ3) is 11.3. The summed E-state index contributed by atoms with van der Waals surface area (Å²) in [7, 11) is 0. The SMILES string of the molecule is CCCCCCc1c(CCCCCC)c2sc(/C=C/c3cc4c(s3)c(CCCCCC)c(CCCCCC)c3sc(C=P(c5ccccc5)(c5ccccc5)c5ccccc5)cc34)cc2c2ccsc12. The number of thiophene rings is 4. The molecule has 0 fully saturated rings. The molecule has 4 aromatic heterocycles. The van der Waals surface area contributed by atoms with Crippen LogP contribution < -0.4 is 15.9 Å². The van der Waals surface area contributed by atoms with Crippen LogP contribution in [0.15, 0.2) is 121 Å². The fraction of sp³-hybridized carbons (Fsp3) is 0.369. The average Bonchev–Trinajstić information content (AvgIpc) is 4.23. The van der Waals surface area contributed by atoms with Crippen LogP contribution >= 0.6 is 52.2 Å². The molecule has 0 spiro atoms. The van der Waals surface area contributed by atoms with Crippen LogP contribution in [-0.2, 0) is 25.7 Å². The summed E-state index contributed by atoms with van der Waals surface area (Å²) in [6.45, 7) is 7.17. The summed E-state index contributed by atoms with van der Waals surface area (Å²) < 4.78 is 6.17. The van der Waals surface area contributed by atoms with E-state index in [4.69, 9.17) is 0 Å². The molecule has 0 nitrogen and oxygen atoms in total. The van der Waals surface area contributed by atoms with Crippen LogP contribution in [0.5, 0.6) is 0 Å². The molecule has 9 aromatic rings. The Morgan fingerprint density at radius 3 is 1.09 bits per heavy atom. The van der Waals surface area contributed by atoms with E-state index in [1.165, 1.54) is 183 Å². The Hall–Kier alpha value is -4.02. The number of hydrogen-bond donors (Lipinski definition) is 0. The van der Waals surface area contributed by atoms with Gasteiger partial charge in [0, 0.05) is 55.0 Å². The molecule has 0 amide bonds. The molecule has 5 heteroatoms. The van der Waals surface area contributed by atoms with E-state index in [0.29, 0.717) is 0 Å². The molecule has 0 bridgehead atoms. The van der Waals surface area contributed by atoms with Crippen molar-refractivity contribution in [3.63, 3.8) is 0 Å². The highest BCUT2D eigenvalue weighted by Gasteiger charge is 2.27. The minimum atomic E-state index is -2.18.